The Labute approximate surface area is 152 Å². The molecule has 26 heavy (non-hydrogen) atoms. The highest BCUT2D eigenvalue weighted by molar-refractivity contribution is 6.07. The van der Waals surface area contributed by atoms with Crippen molar-refractivity contribution >= 4 is 38.3 Å². The van der Waals surface area contributed by atoms with Crippen LogP contribution in [0.3, 0.4) is 0 Å². The predicted octanol–water partition coefficient (Wildman–Crippen LogP) is 6.15. The summed E-state index contributed by atoms with van der Waals surface area (Å²) in [5, 5.41) is 8.59. The number of para-hydroxylation sites is 2. The van der Waals surface area contributed by atoms with Crippen LogP contribution in [-0.2, 0) is 6.54 Å². The SMILES string of the molecule is c1ccc2c(CNc3c4ccccc4nc4ccccc34)cccc2c1. The standard InChI is InChI=1S/C24H18N2/c1-2-11-19-17(8-1)9-7-10-18(19)16-25-24-20-12-3-5-14-22(20)26-23-15-6-4-13-21(23)24/h1-15H,16H2,(H,25,26). The fraction of sp³-hybridized carbons (Fsp3) is 0.0417. The summed E-state index contributed by atoms with van der Waals surface area (Å²) in [4.78, 5) is 4.80. The molecule has 5 aromatic rings. The van der Waals surface area contributed by atoms with E-state index in [1.54, 1.807) is 0 Å². The van der Waals surface area contributed by atoms with Gasteiger partial charge < -0.3 is 5.32 Å². The lowest BCUT2D eigenvalue weighted by Gasteiger charge is -2.14. The molecule has 1 heterocycles. The third-order valence-corrected chi connectivity index (χ3v) is 4.92. The predicted molar refractivity (Wildman–Crippen MR) is 111 cm³/mol. The smallest absolute Gasteiger partial charge is 0.0730 e. The van der Waals surface area contributed by atoms with Crippen molar-refractivity contribution in [3.05, 3.63) is 96.6 Å². The van der Waals surface area contributed by atoms with Gasteiger partial charge in [-0.1, -0.05) is 78.9 Å². The van der Waals surface area contributed by atoms with Gasteiger partial charge in [-0.05, 0) is 28.5 Å². The second-order valence-electron chi connectivity index (χ2n) is 6.51. The molecule has 0 saturated heterocycles. The van der Waals surface area contributed by atoms with E-state index in [1.165, 1.54) is 16.3 Å². The summed E-state index contributed by atoms with van der Waals surface area (Å²) in [7, 11) is 0. The number of nitrogens with zero attached hydrogens (tertiary/aromatic N) is 1. The van der Waals surface area contributed by atoms with Crippen LogP contribution in [-0.4, -0.2) is 4.98 Å². The molecule has 5 rings (SSSR count). The van der Waals surface area contributed by atoms with Crippen LogP contribution in [0.1, 0.15) is 5.56 Å². The molecule has 0 aliphatic heterocycles. The molecule has 2 nitrogen and oxygen atoms in total. The van der Waals surface area contributed by atoms with Crippen LogP contribution in [0.15, 0.2) is 91.0 Å². The number of hydrogen-bond acceptors (Lipinski definition) is 2. The van der Waals surface area contributed by atoms with Gasteiger partial charge in [0.1, 0.15) is 0 Å². The summed E-state index contributed by atoms with van der Waals surface area (Å²) in [6.45, 7) is 0.777. The summed E-state index contributed by atoms with van der Waals surface area (Å²) in [5.74, 6) is 0. The lowest BCUT2D eigenvalue weighted by atomic mass is 10.0. The normalized spacial score (nSPS) is 11.2. The van der Waals surface area contributed by atoms with Crippen molar-refractivity contribution in [3.63, 3.8) is 0 Å². The number of rotatable bonds is 3. The average Bonchev–Trinajstić information content (AvgIpc) is 2.71. The highest BCUT2D eigenvalue weighted by atomic mass is 14.9. The van der Waals surface area contributed by atoms with Crippen LogP contribution in [0, 0.1) is 0 Å². The Morgan fingerprint density at radius 2 is 1.15 bits per heavy atom. The minimum atomic E-state index is 0.777. The van der Waals surface area contributed by atoms with Crippen molar-refractivity contribution in [2.75, 3.05) is 5.32 Å². The quantitative estimate of drug-likeness (QED) is 0.400. The first kappa shape index (κ1) is 14.9. The highest BCUT2D eigenvalue weighted by Gasteiger charge is 2.09. The number of hydrogen-bond donors (Lipinski definition) is 1. The molecule has 0 unspecified atom stereocenters. The van der Waals surface area contributed by atoms with E-state index >= 15 is 0 Å². The molecule has 0 saturated carbocycles. The molecule has 2 heteroatoms. The van der Waals surface area contributed by atoms with E-state index in [-0.39, 0.29) is 0 Å². The molecule has 1 N–H and O–H groups in total. The van der Waals surface area contributed by atoms with E-state index in [0.29, 0.717) is 0 Å². The molecule has 0 atom stereocenters. The third kappa shape index (κ3) is 2.47. The van der Waals surface area contributed by atoms with E-state index in [2.05, 4.69) is 84.2 Å². The Kier molecular flexibility index (Phi) is 3.53. The first-order valence-electron chi connectivity index (χ1n) is 8.88. The van der Waals surface area contributed by atoms with Gasteiger partial charge in [0.05, 0.1) is 16.7 Å². The molecular weight excluding hydrogens is 316 g/mol. The molecule has 1 aromatic heterocycles. The molecular formula is C24H18N2. The number of anilines is 1. The number of aromatic nitrogens is 1. The van der Waals surface area contributed by atoms with Crippen molar-refractivity contribution in [1.29, 1.82) is 0 Å². The van der Waals surface area contributed by atoms with Crippen molar-refractivity contribution < 1.29 is 0 Å². The van der Waals surface area contributed by atoms with E-state index in [0.717, 1.165) is 34.0 Å². The molecule has 4 aromatic carbocycles. The second kappa shape index (κ2) is 6.16. The Morgan fingerprint density at radius 3 is 1.88 bits per heavy atom. The summed E-state index contributed by atoms with van der Waals surface area (Å²) in [5.41, 5.74) is 4.49. The summed E-state index contributed by atoms with van der Waals surface area (Å²) in [6, 6.07) is 31.7. The van der Waals surface area contributed by atoms with Crippen molar-refractivity contribution in [3.8, 4) is 0 Å². The first-order valence-corrected chi connectivity index (χ1v) is 8.88. The molecule has 0 radical (unpaired) electrons. The van der Waals surface area contributed by atoms with Gasteiger partial charge in [0, 0.05) is 17.3 Å². The second-order valence-corrected chi connectivity index (χ2v) is 6.51. The van der Waals surface area contributed by atoms with Gasteiger partial charge >= 0.3 is 0 Å². The molecule has 0 bridgehead atoms. The molecule has 0 spiro atoms. The molecule has 0 aliphatic carbocycles. The maximum atomic E-state index is 4.80. The van der Waals surface area contributed by atoms with Crippen LogP contribution < -0.4 is 5.32 Å². The van der Waals surface area contributed by atoms with Gasteiger partial charge in [-0.15, -0.1) is 0 Å². The lowest BCUT2D eigenvalue weighted by molar-refractivity contribution is 1.18. The van der Waals surface area contributed by atoms with Crippen LogP contribution in [0.25, 0.3) is 32.6 Å². The van der Waals surface area contributed by atoms with E-state index in [1.807, 2.05) is 12.1 Å². The first-order chi connectivity index (χ1) is 12.9. The van der Waals surface area contributed by atoms with Crippen LogP contribution in [0.2, 0.25) is 0 Å². The topological polar surface area (TPSA) is 24.9 Å². The van der Waals surface area contributed by atoms with Gasteiger partial charge in [0.2, 0.25) is 0 Å². The van der Waals surface area contributed by atoms with Crippen LogP contribution >= 0.6 is 0 Å². The number of nitrogens with one attached hydrogen (secondary N) is 1. The Bertz CT molecular complexity index is 1180. The van der Waals surface area contributed by atoms with Crippen LogP contribution in [0.5, 0.6) is 0 Å². The molecule has 0 amide bonds. The average molecular weight is 334 g/mol. The van der Waals surface area contributed by atoms with Crippen molar-refractivity contribution in [2.24, 2.45) is 0 Å². The van der Waals surface area contributed by atoms with Gasteiger partial charge in [0.25, 0.3) is 0 Å². The van der Waals surface area contributed by atoms with Gasteiger partial charge in [-0.25, -0.2) is 4.98 Å². The Morgan fingerprint density at radius 1 is 0.577 bits per heavy atom. The van der Waals surface area contributed by atoms with Gasteiger partial charge in [0.15, 0.2) is 0 Å². The zero-order valence-corrected chi connectivity index (χ0v) is 14.3. The minimum Gasteiger partial charge on any atom is -0.380 e. The highest BCUT2D eigenvalue weighted by Crippen LogP contribution is 2.31. The van der Waals surface area contributed by atoms with Crippen molar-refractivity contribution in [2.45, 2.75) is 6.54 Å². The summed E-state index contributed by atoms with van der Waals surface area (Å²) >= 11 is 0. The number of fused-ring (bicyclic) bond motifs is 3. The van der Waals surface area contributed by atoms with E-state index in [9.17, 15) is 0 Å². The largest absolute Gasteiger partial charge is 0.380 e. The maximum absolute atomic E-state index is 4.80. The summed E-state index contributed by atoms with van der Waals surface area (Å²) < 4.78 is 0. The zero-order chi connectivity index (χ0) is 17.3. The maximum Gasteiger partial charge on any atom is 0.0730 e. The minimum absolute atomic E-state index is 0.777. The summed E-state index contributed by atoms with van der Waals surface area (Å²) in [6.07, 6.45) is 0. The molecule has 0 aliphatic rings. The third-order valence-electron chi connectivity index (χ3n) is 4.92. The van der Waals surface area contributed by atoms with Crippen LogP contribution in [0.4, 0.5) is 5.69 Å². The molecule has 124 valence electrons. The fourth-order valence-electron chi connectivity index (χ4n) is 3.66. The Hall–Kier alpha value is -3.39. The zero-order valence-electron chi connectivity index (χ0n) is 14.3. The number of pyridine rings is 1. The molecule has 0 fully saturated rings. The van der Waals surface area contributed by atoms with E-state index in [4.69, 9.17) is 4.98 Å². The van der Waals surface area contributed by atoms with Crippen molar-refractivity contribution in [1.82, 2.24) is 4.98 Å². The lowest BCUT2D eigenvalue weighted by Crippen LogP contribution is -2.02. The fourth-order valence-corrected chi connectivity index (χ4v) is 3.66. The van der Waals surface area contributed by atoms with Gasteiger partial charge in [-0.3, -0.25) is 0 Å². The monoisotopic (exact) mass is 334 g/mol. The number of benzene rings is 4. The van der Waals surface area contributed by atoms with E-state index < -0.39 is 0 Å². The Balaban J connectivity index is 1.64. The van der Waals surface area contributed by atoms with Gasteiger partial charge in [-0.2, -0.15) is 0 Å².